The molecule has 0 radical (unpaired) electrons. The molecule has 2 unspecified atom stereocenters. The molecule has 2 amide bonds. The number of benzene rings is 3. The molecule has 0 aliphatic carbocycles. The molecule has 37 heavy (non-hydrogen) atoms. The first-order valence-corrected chi connectivity index (χ1v) is 13.6. The van der Waals surface area contributed by atoms with Crippen molar-refractivity contribution in [1.29, 1.82) is 0 Å². The summed E-state index contributed by atoms with van der Waals surface area (Å²) in [7, 11) is 0. The van der Waals surface area contributed by atoms with Crippen LogP contribution in [-0.4, -0.2) is 59.2 Å². The van der Waals surface area contributed by atoms with E-state index in [2.05, 4.69) is 36.1 Å². The Morgan fingerprint density at radius 3 is 2.38 bits per heavy atom. The number of amides is 2. The van der Waals surface area contributed by atoms with Gasteiger partial charge in [-0.2, -0.15) is 0 Å². The minimum Gasteiger partial charge on any atom is -0.340 e. The Kier molecular flexibility index (Phi) is 7.92. The molecule has 0 saturated carbocycles. The third-order valence-electron chi connectivity index (χ3n) is 7.58. The van der Waals surface area contributed by atoms with Gasteiger partial charge in [-0.05, 0) is 41.3 Å². The zero-order valence-corrected chi connectivity index (χ0v) is 22.1. The predicted octanol–water partition coefficient (Wildman–Crippen LogP) is 5.77. The molecule has 5 nitrogen and oxygen atoms in total. The molecule has 6 heteroatoms. The van der Waals surface area contributed by atoms with Gasteiger partial charge < -0.3 is 9.80 Å². The summed E-state index contributed by atoms with van der Waals surface area (Å²) in [4.78, 5) is 34.3. The Morgan fingerprint density at radius 1 is 0.919 bits per heavy atom. The largest absolute Gasteiger partial charge is 0.340 e. The van der Waals surface area contributed by atoms with Gasteiger partial charge in [-0.25, -0.2) is 0 Å². The fourth-order valence-electron chi connectivity index (χ4n) is 5.66. The fourth-order valence-corrected chi connectivity index (χ4v) is 5.86. The molecule has 0 N–H and O–H groups in total. The number of nitrogens with zero attached hydrogens (tertiary/aromatic N) is 3. The minimum atomic E-state index is -0.468. The van der Waals surface area contributed by atoms with E-state index in [1.54, 1.807) is 0 Å². The second-order valence-corrected chi connectivity index (χ2v) is 10.4. The molecule has 5 rings (SSSR count). The Hall–Kier alpha value is -3.15. The van der Waals surface area contributed by atoms with Crippen molar-refractivity contribution in [3.05, 3.63) is 106 Å². The average Bonchev–Trinajstić information content (AvgIpc) is 2.93. The highest BCUT2D eigenvalue weighted by molar-refractivity contribution is 6.30. The predicted molar refractivity (Wildman–Crippen MR) is 148 cm³/mol. The first-order chi connectivity index (χ1) is 18.1. The quantitative estimate of drug-likeness (QED) is 0.401. The van der Waals surface area contributed by atoms with Gasteiger partial charge in [0, 0.05) is 49.9 Å². The van der Waals surface area contributed by atoms with Gasteiger partial charge in [0.1, 0.15) is 0 Å². The van der Waals surface area contributed by atoms with E-state index < -0.39 is 5.92 Å². The van der Waals surface area contributed by atoms with E-state index >= 15 is 0 Å². The van der Waals surface area contributed by atoms with Gasteiger partial charge in [-0.1, -0.05) is 85.6 Å². The summed E-state index contributed by atoms with van der Waals surface area (Å²) in [6.07, 6.45) is 1.85. The van der Waals surface area contributed by atoms with Crippen molar-refractivity contribution in [3.8, 4) is 0 Å². The smallest absolute Gasteiger partial charge is 0.254 e. The fraction of sp³-hybridized carbons (Fsp3) is 0.355. The number of unbranched alkanes of at least 4 members (excludes halogenated alkanes) is 1. The second-order valence-electron chi connectivity index (χ2n) is 10.0. The van der Waals surface area contributed by atoms with Crippen LogP contribution >= 0.6 is 11.6 Å². The zero-order valence-electron chi connectivity index (χ0n) is 21.4. The molecule has 0 aromatic heterocycles. The van der Waals surface area contributed by atoms with Crippen LogP contribution in [0.3, 0.4) is 0 Å². The molecule has 2 aliphatic heterocycles. The van der Waals surface area contributed by atoms with Gasteiger partial charge in [0.15, 0.2) is 0 Å². The van der Waals surface area contributed by atoms with Crippen molar-refractivity contribution >= 4 is 23.4 Å². The van der Waals surface area contributed by atoms with Gasteiger partial charge in [-0.3, -0.25) is 14.5 Å². The maximum Gasteiger partial charge on any atom is 0.254 e. The Morgan fingerprint density at radius 2 is 1.65 bits per heavy atom. The highest BCUT2D eigenvalue weighted by Gasteiger charge is 2.45. The molecule has 3 aromatic carbocycles. The number of fused-ring (bicyclic) bond motifs is 1. The SMILES string of the molecule is CCCCN1C(=O)c2ccccc2C(C(=O)N2CCN(Cc3ccccc3)CC2)C1c1cccc(Cl)c1. The standard InChI is InChI=1S/C31H34ClN3O2/c1-2-3-16-35-29(24-12-9-13-25(32)21-24)28(26-14-7-8-15-27(26)30(35)36)31(37)34-19-17-33(18-20-34)22-23-10-5-4-6-11-23/h4-15,21,28-29H,2-3,16-20,22H2,1H3. The summed E-state index contributed by atoms with van der Waals surface area (Å²) < 4.78 is 0. The number of carbonyl (C=O) groups is 2. The van der Waals surface area contributed by atoms with Crippen LogP contribution in [0.5, 0.6) is 0 Å². The van der Waals surface area contributed by atoms with Crippen LogP contribution in [0.2, 0.25) is 5.02 Å². The summed E-state index contributed by atoms with van der Waals surface area (Å²) in [5.41, 5.74) is 3.65. The van der Waals surface area contributed by atoms with Gasteiger partial charge in [0.25, 0.3) is 5.91 Å². The lowest BCUT2D eigenvalue weighted by atomic mass is 9.78. The topological polar surface area (TPSA) is 43.9 Å². The summed E-state index contributed by atoms with van der Waals surface area (Å²) in [6, 6.07) is 25.4. The summed E-state index contributed by atoms with van der Waals surface area (Å²) in [6.45, 7) is 6.62. The molecule has 2 aliphatic rings. The van der Waals surface area contributed by atoms with E-state index in [1.807, 2.05) is 64.4 Å². The van der Waals surface area contributed by atoms with Crippen LogP contribution in [0.25, 0.3) is 0 Å². The Bertz CT molecular complexity index is 1240. The average molecular weight is 516 g/mol. The van der Waals surface area contributed by atoms with Crippen molar-refractivity contribution in [2.45, 2.75) is 38.3 Å². The van der Waals surface area contributed by atoms with E-state index in [1.165, 1.54) is 5.56 Å². The molecule has 1 fully saturated rings. The van der Waals surface area contributed by atoms with Crippen LogP contribution < -0.4 is 0 Å². The highest BCUT2D eigenvalue weighted by Crippen LogP contribution is 2.44. The first kappa shape index (κ1) is 25.5. The number of halogens is 1. The zero-order chi connectivity index (χ0) is 25.8. The van der Waals surface area contributed by atoms with Crippen molar-refractivity contribution in [1.82, 2.24) is 14.7 Å². The second kappa shape index (κ2) is 11.5. The van der Waals surface area contributed by atoms with Gasteiger partial charge >= 0.3 is 0 Å². The summed E-state index contributed by atoms with van der Waals surface area (Å²) >= 11 is 6.41. The van der Waals surface area contributed by atoms with E-state index in [0.717, 1.165) is 43.6 Å². The number of rotatable bonds is 7. The van der Waals surface area contributed by atoms with E-state index in [9.17, 15) is 9.59 Å². The van der Waals surface area contributed by atoms with Gasteiger partial charge in [0.05, 0.1) is 12.0 Å². The van der Waals surface area contributed by atoms with Gasteiger partial charge in [-0.15, -0.1) is 0 Å². The molecule has 2 atom stereocenters. The van der Waals surface area contributed by atoms with Crippen molar-refractivity contribution in [2.24, 2.45) is 0 Å². The number of piperazine rings is 1. The molecule has 0 bridgehead atoms. The van der Waals surface area contributed by atoms with Crippen molar-refractivity contribution in [3.63, 3.8) is 0 Å². The maximum absolute atomic E-state index is 14.3. The minimum absolute atomic E-state index is 0.00856. The molecule has 0 spiro atoms. The normalized spacial score (nSPS) is 20.1. The van der Waals surface area contributed by atoms with Crippen LogP contribution in [0.4, 0.5) is 0 Å². The lowest BCUT2D eigenvalue weighted by Crippen LogP contribution is -2.53. The van der Waals surface area contributed by atoms with E-state index in [4.69, 9.17) is 11.6 Å². The molecular weight excluding hydrogens is 482 g/mol. The van der Waals surface area contributed by atoms with E-state index in [0.29, 0.717) is 30.2 Å². The molecule has 2 heterocycles. The molecule has 1 saturated heterocycles. The number of carbonyl (C=O) groups excluding carboxylic acids is 2. The van der Waals surface area contributed by atoms with Crippen molar-refractivity contribution in [2.75, 3.05) is 32.7 Å². The monoisotopic (exact) mass is 515 g/mol. The summed E-state index contributed by atoms with van der Waals surface area (Å²) in [5, 5.41) is 0.611. The van der Waals surface area contributed by atoms with Crippen LogP contribution in [-0.2, 0) is 11.3 Å². The Balaban J connectivity index is 1.45. The number of hydrogen-bond acceptors (Lipinski definition) is 3. The van der Waals surface area contributed by atoms with Crippen LogP contribution in [0.1, 0.15) is 58.8 Å². The third-order valence-corrected chi connectivity index (χ3v) is 7.82. The maximum atomic E-state index is 14.3. The van der Waals surface area contributed by atoms with Crippen molar-refractivity contribution < 1.29 is 9.59 Å². The van der Waals surface area contributed by atoms with Crippen LogP contribution in [0.15, 0.2) is 78.9 Å². The van der Waals surface area contributed by atoms with E-state index in [-0.39, 0.29) is 17.9 Å². The molecule has 3 aromatic rings. The molecular formula is C31H34ClN3O2. The Labute approximate surface area is 224 Å². The highest BCUT2D eigenvalue weighted by atomic mass is 35.5. The first-order valence-electron chi connectivity index (χ1n) is 13.3. The lowest BCUT2D eigenvalue weighted by Gasteiger charge is -2.44. The summed E-state index contributed by atoms with van der Waals surface area (Å²) in [5.74, 6) is -0.388. The number of hydrogen-bond donors (Lipinski definition) is 0. The lowest BCUT2D eigenvalue weighted by molar-refractivity contribution is -0.136. The molecule has 192 valence electrons. The third kappa shape index (κ3) is 5.43. The van der Waals surface area contributed by atoms with Crippen LogP contribution in [0, 0.1) is 0 Å². The van der Waals surface area contributed by atoms with Gasteiger partial charge in [0.2, 0.25) is 5.91 Å².